The molecule has 1 saturated heterocycles. The molecule has 24 heavy (non-hydrogen) atoms. The van der Waals surface area contributed by atoms with Crippen LogP contribution in [0.4, 0.5) is 0 Å². The largest absolute Gasteiger partial charge is 0.414 e. The second kappa shape index (κ2) is 7.96. The molecular formula is C20H33NO2Si. The molecule has 1 aromatic carbocycles. The van der Waals surface area contributed by atoms with Crippen LogP contribution in [0, 0.1) is 0 Å². The summed E-state index contributed by atoms with van der Waals surface area (Å²) in [6.45, 7) is 18.8. The van der Waals surface area contributed by atoms with Gasteiger partial charge in [0.05, 0.1) is 18.8 Å². The molecule has 0 radical (unpaired) electrons. The predicted octanol–water partition coefficient (Wildman–Crippen LogP) is 4.46. The lowest BCUT2D eigenvalue weighted by Gasteiger charge is -2.41. The number of rotatable bonds is 6. The summed E-state index contributed by atoms with van der Waals surface area (Å²) in [5, 5.41) is 0.225. The highest BCUT2D eigenvalue weighted by Gasteiger charge is 2.38. The van der Waals surface area contributed by atoms with Crippen molar-refractivity contribution in [3.63, 3.8) is 0 Å². The fraction of sp³-hybridized carbons (Fsp3) is 0.600. The first-order chi connectivity index (χ1) is 11.2. The van der Waals surface area contributed by atoms with Crippen LogP contribution in [0.3, 0.4) is 0 Å². The van der Waals surface area contributed by atoms with Gasteiger partial charge in [-0.15, -0.1) is 6.58 Å². The lowest BCUT2D eigenvalue weighted by atomic mass is 10.1. The summed E-state index contributed by atoms with van der Waals surface area (Å²) in [6.07, 6.45) is 2.10. The van der Waals surface area contributed by atoms with E-state index in [9.17, 15) is 0 Å². The maximum Gasteiger partial charge on any atom is 0.192 e. The van der Waals surface area contributed by atoms with E-state index >= 15 is 0 Å². The Morgan fingerprint density at radius 2 is 1.92 bits per heavy atom. The fourth-order valence-corrected chi connectivity index (χ4v) is 3.70. The van der Waals surface area contributed by atoms with E-state index in [1.165, 1.54) is 5.56 Å². The minimum Gasteiger partial charge on any atom is -0.414 e. The highest BCUT2D eigenvalue weighted by atomic mass is 28.4. The van der Waals surface area contributed by atoms with Gasteiger partial charge in [0.25, 0.3) is 0 Å². The monoisotopic (exact) mass is 347 g/mol. The van der Waals surface area contributed by atoms with Crippen LogP contribution in [0.15, 0.2) is 43.0 Å². The van der Waals surface area contributed by atoms with E-state index in [1.54, 1.807) is 0 Å². The summed E-state index contributed by atoms with van der Waals surface area (Å²) >= 11 is 0. The Morgan fingerprint density at radius 1 is 1.25 bits per heavy atom. The molecule has 2 atom stereocenters. The average Bonchev–Trinajstić information content (AvgIpc) is 2.52. The van der Waals surface area contributed by atoms with Crippen LogP contribution in [0.5, 0.6) is 0 Å². The third kappa shape index (κ3) is 5.28. The number of benzene rings is 1. The number of nitrogens with zero attached hydrogens (tertiary/aromatic N) is 1. The maximum atomic E-state index is 6.38. The molecule has 4 heteroatoms. The standard InChI is InChI=1S/C20H33NO2Si/c1-7-18-14-21(13-17-11-9-8-10-12-17)15-19(23-18)16-22-24(5,6)20(2,3)4/h7-12,18-19H,1,13-16H2,2-6H3/t18-,19+/m1/s1. The van der Waals surface area contributed by atoms with Gasteiger partial charge >= 0.3 is 0 Å². The van der Waals surface area contributed by atoms with Gasteiger partial charge < -0.3 is 9.16 Å². The molecule has 1 heterocycles. The van der Waals surface area contributed by atoms with E-state index in [0.29, 0.717) is 6.61 Å². The van der Waals surface area contributed by atoms with E-state index in [0.717, 1.165) is 19.6 Å². The van der Waals surface area contributed by atoms with Crippen molar-refractivity contribution in [2.75, 3.05) is 19.7 Å². The van der Waals surface area contributed by atoms with Gasteiger partial charge in [-0.1, -0.05) is 57.2 Å². The molecule has 0 bridgehead atoms. The van der Waals surface area contributed by atoms with Crippen molar-refractivity contribution in [2.45, 2.75) is 57.7 Å². The Bertz CT molecular complexity index is 524. The minimum atomic E-state index is -1.74. The summed E-state index contributed by atoms with van der Waals surface area (Å²) < 4.78 is 12.5. The molecule has 0 aliphatic carbocycles. The van der Waals surface area contributed by atoms with Gasteiger partial charge in [0.15, 0.2) is 8.32 Å². The summed E-state index contributed by atoms with van der Waals surface area (Å²) in [7, 11) is -1.74. The van der Waals surface area contributed by atoms with Crippen LogP contribution in [0.25, 0.3) is 0 Å². The van der Waals surface area contributed by atoms with Crippen molar-refractivity contribution in [2.24, 2.45) is 0 Å². The first-order valence-corrected chi connectivity index (χ1v) is 11.8. The summed E-state index contributed by atoms with van der Waals surface area (Å²) in [5.41, 5.74) is 1.34. The molecule has 1 fully saturated rings. The molecule has 3 nitrogen and oxygen atoms in total. The van der Waals surface area contributed by atoms with E-state index in [1.807, 2.05) is 6.08 Å². The van der Waals surface area contributed by atoms with Gasteiger partial charge in [0, 0.05) is 19.6 Å². The zero-order valence-corrected chi connectivity index (χ0v) is 16.9. The molecule has 0 unspecified atom stereocenters. The Morgan fingerprint density at radius 3 is 2.50 bits per heavy atom. The van der Waals surface area contributed by atoms with Crippen LogP contribution in [-0.2, 0) is 15.7 Å². The highest BCUT2D eigenvalue weighted by Crippen LogP contribution is 2.36. The van der Waals surface area contributed by atoms with Gasteiger partial charge in [-0.25, -0.2) is 0 Å². The SMILES string of the molecule is C=C[C@@H]1CN(Cc2ccccc2)C[C@@H](CO[Si](C)(C)C(C)(C)C)O1. The molecule has 0 spiro atoms. The normalized spacial score (nSPS) is 23.2. The Labute approximate surface area is 148 Å². The van der Waals surface area contributed by atoms with Crippen molar-refractivity contribution in [3.05, 3.63) is 48.6 Å². The number of hydrogen-bond acceptors (Lipinski definition) is 3. The molecule has 0 aromatic heterocycles. The van der Waals surface area contributed by atoms with E-state index in [-0.39, 0.29) is 17.2 Å². The molecular weight excluding hydrogens is 314 g/mol. The van der Waals surface area contributed by atoms with Gasteiger partial charge in [0.1, 0.15) is 0 Å². The Hall–Kier alpha value is -0.943. The molecule has 0 amide bonds. The lowest BCUT2D eigenvalue weighted by molar-refractivity contribution is -0.0838. The van der Waals surface area contributed by atoms with Crippen molar-refractivity contribution >= 4 is 8.32 Å². The summed E-state index contributed by atoms with van der Waals surface area (Å²) in [6, 6.07) is 10.6. The van der Waals surface area contributed by atoms with E-state index in [2.05, 4.69) is 75.7 Å². The van der Waals surface area contributed by atoms with E-state index < -0.39 is 8.32 Å². The molecule has 134 valence electrons. The summed E-state index contributed by atoms with van der Waals surface area (Å²) in [5.74, 6) is 0. The van der Waals surface area contributed by atoms with Crippen molar-refractivity contribution < 1.29 is 9.16 Å². The highest BCUT2D eigenvalue weighted by molar-refractivity contribution is 6.74. The van der Waals surface area contributed by atoms with Gasteiger partial charge in [-0.2, -0.15) is 0 Å². The average molecular weight is 348 g/mol. The molecule has 0 N–H and O–H groups in total. The molecule has 1 aromatic rings. The topological polar surface area (TPSA) is 21.7 Å². The third-order valence-corrected chi connectivity index (χ3v) is 9.72. The van der Waals surface area contributed by atoms with Crippen molar-refractivity contribution in [3.8, 4) is 0 Å². The number of hydrogen-bond donors (Lipinski definition) is 0. The van der Waals surface area contributed by atoms with Crippen molar-refractivity contribution in [1.29, 1.82) is 0 Å². The van der Waals surface area contributed by atoms with Crippen LogP contribution in [0.2, 0.25) is 18.1 Å². The van der Waals surface area contributed by atoms with E-state index in [4.69, 9.17) is 9.16 Å². The first-order valence-electron chi connectivity index (χ1n) is 8.89. The third-order valence-electron chi connectivity index (χ3n) is 5.22. The molecule has 1 aliphatic heterocycles. The Kier molecular flexibility index (Phi) is 6.43. The first kappa shape index (κ1) is 19.4. The molecule has 0 saturated carbocycles. The zero-order chi connectivity index (χ0) is 17.8. The second-order valence-electron chi connectivity index (χ2n) is 8.28. The van der Waals surface area contributed by atoms with Crippen LogP contribution < -0.4 is 0 Å². The van der Waals surface area contributed by atoms with Crippen molar-refractivity contribution in [1.82, 2.24) is 4.90 Å². The second-order valence-corrected chi connectivity index (χ2v) is 13.1. The zero-order valence-electron chi connectivity index (χ0n) is 15.9. The van der Waals surface area contributed by atoms with Crippen LogP contribution >= 0.6 is 0 Å². The Balaban J connectivity index is 1.96. The van der Waals surface area contributed by atoms with Gasteiger partial charge in [-0.05, 0) is 23.7 Å². The fourth-order valence-electron chi connectivity index (χ4n) is 2.66. The summed E-state index contributed by atoms with van der Waals surface area (Å²) in [4.78, 5) is 2.45. The lowest BCUT2D eigenvalue weighted by Crippen LogP contribution is -2.50. The minimum absolute atomic E-state index is 0.0791. The molecule has 2 rings (SSSR count). The maximum absolute atomic E-state index is 6.38. The molecule has 1 aliphatic rings. The number of ether oxygens (including phenoxy) is 1. The van der Waals surface area contributed by atoms with Gasteiger partial charge in [-0.3, -0.25) is 4.90 Å². The van der Waals surface area contributed by atoms with Crippen LogP contribution in [-0.4, -0.2) is 45.1 Å². The van der Waals surface area contributed by atoms with Gasteiger partial charge in [0.2, 0.25) is 0 Å². The smallest absolute Gasteiger partial charge is 0.192 e. The number of morpholine rings is 1. The quantitative estimate of drug-likeness (QED) is 0.560. The predicted molar refractivity (Wildman–Crippen MR) is 104 cm³/mol. The van der Waals surface area contributed by atoms with Crippen LogP contribution in [0.1, 0.15) is 26.3 Å².